The third-order valence-electron chi connectivity index (χ3n) is 3.82. The summed E-state index contributed by atoms with van der Waals surface area (Å²) >= 11 is 0. The number of hydrogen-bond donors (Lipinski definition) is 0. The maximum Gasteiger partial charge on any atom is 0.864 e. The van der Waals surface area contributed by atoms with Crippen molar-refractivity contribution in [1.82, 2.24) is 0 Å². The van der Waals surface area contributed by atoms with Gasteiger partial charge in [-0.25, -0.2) is 30.7 Å². The minimum Gasteiger partial charge on any atom is -0.484 e. The molecule has 0 N–H and O–H groups in total. The molecule has 3 nitrogen and oxygen atoms in total. The van der Waals surface area contributed by atoms with Crippen molar-refractivity contribution in [3.05, 3.63) is 88.3 Å². The Morgan fingerprint density at radius 2 is 0.667 bits per heavy atom. The highest BCUT2D eigenvalue weighted by Gasteiger charge is 2.39. The van der Waals surface area contributed by atoms with Crippen LogP contribution in [0.25, 0.3) is 0 Å². The van der Waals surface area contributed by atoms with E-state index in [1.54, 1.807) is 0 Å². The molecule has 0 aliphatic rings. The molecule has 0 aromatic heterocycles. The summed E-state index contributed by atoms with van der Waals surface area (Å²) in [6, 6.07) is 1.08. The van der Waals surface area contributed by atoms with E-state index in [4.69, 9.17) is 0 Å². The average Bonchev–Trinajstić information content (AvgIpc) is 2.79. The van der Waals surface area contributed by atoms with Crippen LogP contribution in [0.4, 0.5) is 48.3 Å². The van der Waals surface area contributed by atoms with Gasteiger partial charge in [-0.05, 0) is 24.3 Å². The summed E-state index contributed by atoms with van der Waals surface area (Å²) in [4.78, 5) is 0. The van der Waals surface area contributed by atoms with E-state index < -0.39 is 88.6 Å². The predicted octanol–water partition coefficient (Wildman–Crippen LogP) is 5.74. The lowest BCUT2D eigenvalue weighted by molar-refractivity contribution is 0.256. The zero-order valence-corrected chi connectivity index (χ0v) is 15.3. The maximum atomic E-state index is 13.9. The molecule has 0 atom stereocenters. The standard InChI is InChI=1S/C18H4BF11O3/c20-5-1-3-7(22)16(9(5)24)31-19(32-17-8(23)4-2-6(21)10(17)25)33-18-14(29)12(27)11(26)13(28)15(18)30/h1-4H. The Labute approximate surface area is 176 Å². The Morgan fingerprint density at radius 1 is 0.364 bits per heavy atom. The maximum absolute atomic E-state index is 13.9. The molecule has 0 bridgehead atoms. The first kappa shape index (κ1) is 24.0. The number of benzene rings is 3. The lowest BCUT2D eigenvalue weighted by Gasteiger charge is -2.19. The largest absolute Gasteiger partial charge is 0.864 e. The summed E-state index contributed by atoms with van der Waals surface area (Å²) in [5, 5.41) is 0. The molecule has 0 spiro atoms. The first-order chi connectivity index (χ1) is 15.4. The molecule has 0 radical (unpaired) electrons. The highest BCUT2D eigenvalue weighted by atomic mass is 19.2. The van der Waals surface area contributed by atoms with Gasteiger partial charge in [0.25, 0.3) is 0 Å². The van der Waals surface area contributed by atoms with E-state index in [9.17, 15) is 48.3 Å². The molecular weight excluding hydrogens is 484 g/mol. The first-order valence-electron chi connectivity index (χ1n) is 8.22. The van der Waals surface area contributed by atoms with Crippen LogP contribution in [0.2, 0.25) is 0 Å². The molecular formula is C18H4BF11O3. The van der Waals surface area contributed by atoms with E-state index in [0.717, 1.165) is 0 Å². The van der Waals surface area contributed by atoms with Crippen LogP contribution in [0.15, 0.2) is 24.3 Å². The van der Waals surface area contributed by atoms with Crippen molar-refractivity contribution in [1.29, 1.82) is 0 Å². The molecule has 3 aromatic rings. The van der Waals surface area contributed by atoms with Crippen LogP contribution in [0.5, 0.6) is 17.2 Å². The second-order valence-corrected chi connectivity index (χ2v) is 5.89. The fourth-order valence-corrected chi connectivity index (χ4v) is 2.28. The summed E-state index contributed by atoms with van der Waals surface area (Å²) in [5.74, 6) is -29.9. The van der Waals surface area contributed by atoms with Gasteiger partial charge in [0, 0.05) is 0 Å². The highest BCUT2D eigenvalue weighted by Crippen LogP contribution is 2.32. The van der Waals surface area contributed by atoms with E-state index >= 15 is 0 Å². The monoisotopic (exact) mass is 488 g/mol. The van der Waals surface area contributed by atoms with Gasteiger partial charge in [-0.2, -0.15) is 17.6 Å². The Balaban J connectivity index is 2.12. The van der Waals surface area contributed by atoms with E-state index in [0.29, 0.717) is 0 Å². The molecule has 0 unspecified atom stereocenters. The van der Waals surface area contributed by atoms with Gasteiger partial charge >= 0.3 is 7.32 Å². The van der Waals surface area contributed by atoms with Crippen molar-refractivity contribution in [2.24, 2.45) is 0 Å². The molecule has 0 aliphatic carbocycles. The summed E-state index contributed by atoms with van der Waals surface area (Å²) in [5.41, 5.74) is 0. The smallest absolute Gasteiger partial charge is 0.484 e. The fourth-order valence-electron chi connectivity index (χ4n) is 2.28. The number of halogens is 11. The van der Waals surface area contributed by atoms with Gasteiger partial charge in [0.2, 0.25) is 40.7 Å². The lowest BCUT2D eigenvalue weighted by Crippen LogP contribution is -2.39. The zero-order chi connectivity index (χ0) is 24.6. The van der Waals surface area contributed by atoms with Gasteiger partial charge < -0.3 is 14.0 Å². The third kappa shape index (κ3) is 4.47. The van der Waals surface area contributed by atoms with E-state index in [2.05, 4.69) is 14.0 Å². The molecule has 15 heteroatoms. The van der Waals surface area contributed by atoms with Crippen LogP contribution in [-0.4, -0.2) is 7.32 Å². The number of hydrogen-bond acceptors (Lipinski definition) is 3. The van der Waals surface area contributed by atoms with Crippen LogP contribution in [0.3, 0.4) is 0 Å². The van der Waals surface area contributed by atoms with Gasteiger partial charge in [0.05, 0.1) is 0 Å². The van der Waals surface area contributed by atoms with E-state index in [1.807, 2.05) is 0 Å². The molecule has 0 saturated heterocycles. The minimum atomic E-state index is -3.16. The molecule has 0 amide bonds. The SMILES string of the molecule is Fc1ccc(F)c(OB(Oc2c(F)ccc(F)c2F)Oc2c(F)c(F)c(F)c(F)c2F)c1F. The van der Waals surface area contributed by atoms with Crippen LogP contribution >= 0.6 is 0 Å². The van der Waals surface area contributed by atoms with Crippen molar-refractivity contribution in [2.45, 2.75) is 0 Å². The predicted molar refractivity (Wildman–Crippen MR) is 86.5 cm³/mol. The molecule has 0 aliphatic heterocycles. The van der Waals surface area contributed by atoms with Crippen molar-refractivity contribution in [3.63, 3.8) is 0 Å². The van der Waals surface area contributed by atoms with Crippen molar-refractivity contribution >= 4 is 7.32 Å². The molecule has 0 heterocycles. The summed E-state index contributed by atoms with van der Waals surface area (Å²) in [6.07, 6.45) is 0. The van der Waals surface area contributed by atoms with Gasteiger partial charge in [-0.3, -0.25) is 0 Å². The second kappa shape index (κ2) is 9.07. The normalized spacial score (nSPS) is 10.9. The highest BCUT2D eigenvalue weighted by molar-refractivity contribution is 6.39. The van der Waals surface area contributed by atoms with Crippen molar-refractivity contribution in [2.75, 3.05) is 0 Å². The van der Waals surface area contributed by atoms with E-state index in [-0.39, 0.29) is 24.3 Å². The van der Waals surface area contributed by atoms with Gasteiger partial charge in [-0.1, -0.05) is 0 Å². The molecule has 33 heavy (non-hydrogen) atoms. The van der Waals surface area contributed by atoms with Crippen LogP contribution in [0, 0.1) is 64.0 Å². The minimum absolute atomic E-state index is 0.268. The molecule has 0 fully saturated rings. The Hall–Kier alpha value is -3.65. The number of rotatable bonds is 6. The summed E-state index contributed by atoms with van der Waals surface area (Å²) in [7, 11) is -3.16. The molecule has 0 saturated carbocycles. The second-order valence-electron chi connectivity index (χ2n) is 5.89. The third-order valence-corrected chi connectivity index (χ3v) is 3.82. The summed E-state index contributed by atoms with van der Waals surface area (Å²) in [6.45, 7) is 0. The van der Waals surface area contributed by atoms with Crippen molar-refractivity contribution < 1.29 is 62.3 Å². The molecule has 3 aromatic carbocycles. The van der Waals surface area contributed by atoms with Crippen LogP contribution in [-0.2, 0) is 0 Å². The van der Waals surface area contributed by atoms with Gasteiger partial charge in [-0.15, -0.1) is 0 Å². The zero-order valence-electron chi connectivity index (χ0n) is 15.3. The fraction of sp³-hybridized carbons (Fsp3) is 0. The summed E-state index contributed by atoms with van der Waals surface area (Å²) < 4.78 is 163. The Kier molecular flexibility index (Phi) is 6.60. The Bertz CT molecular complexity index is 1150. The van der Waals surface area contributed by atoms with Gasteiger partial charge in [0.1, 0.15) is 0 Å². The Morgan fingerprint density at radius 3 is 1.06 bits per heavy atom. The van der Waals surface area contributed by atoms with Crippen molar-refractivity contribution in [3.8, 4) is 17.2 Å². The average molecular weight is 488 g/mol. The van der Waals surface area contributed by atoms with Crippen LogP contribution < -0.4 is 14.0 Å². The van der Waals surface area contributed by atoms with Crippen LogP contribution in [0.1, 0.15) is 0 Å². The first-order valence-corrected chi connectivity index (χ1v) is 8.22. The molecule has 3 rings (SSSR count). The lowest BCUT2D eigenvalue weighted by atomic mass is 10.1. The molecule has 174 valence electrons. The topological polar surface area (TPSA) is 27.7 Å². The van der Waals surface area contributed by atoms with E-state index in [1.165, 1.54) is 0 Å². The van der Waals surface area contributed by atoms with Gasteiger partial charge in [0.15, 0.2) is 40.5 Å². The quantitative estimate of drug-likeness (QED) is 0.192.